The van der Waals surface area contributed by atoms with Crippen molar-refractivity contribution >= 4 is 35.1 Å². The van der Waals surface area contributed by atoms with E-state index in [1.807, 2.05) is 19.1 Å². The second-order valence-corrected chi connectivity index (χ2v) is 7.08. The van der Waals surface area contributed by atoms with E-state index >= 15 is 0 Å². The second-order valence-electron chi connectivity index (χ2n) is 6.67. The molecule has 9 heteroatoms. The Morgan fingerprint density at radius 3 is 2.45 bits per heavy atom. The Balaban J connectivity index is 1.97. The summed E-state index contributed by atoms with van der Waals surface area (Å²) in [6, 6.07) is 14.6. The molecule has 0 fully saturated rings. The molecule has 31 heavy (non-hydrogen) atoms. The topological polar surface area (TPSA) is 127 Å². The van der Waals surface area contributed by atoms with Crippen LogP contribution in [-0.2, 0) is 4.74 Å². The van der Waals surface area contributed by atoms with Gasteiger partial charge in [-0.05, 0) is 49.2 Å². The molecular weight excluding hydrogens is 418 g/mol. The molecule has 0 saturated carbocycles. The number of benzene rings is 2. The van der Waals surface area contributed by atoms with Gasteiger partial charge in [0.1, 0.15) is 12.2 Å². The highest BCUT2D eigenvalue weighted by molar-refractivity contribution is 6.32. The maximum Gasteiger partial charge on any atom is 0.407 e. The van der Waals surface area contributed by atoms with Crippen LogP contribution in [0.5, 0.6) is 0 Å². The maximum atomic E-state index is 12.3. The number of hydrogen-bond acceptors (Lipinski definition) is 5. The maximum absolute atomic E-state index is 12.3. The fourth-order valence-corrected chi connectivity index (χ4v) is 2.90. The number of carbonyl (C=O) groups excluding carboxylic acids is 2. The first kappa shape index (κ1) is 23.5. The highest BCUT2D eigenvalue weighted by Crippen LogP contribution is 2.21. The largest absolute Gasteiger partial charge is 0.445 e. The van der Waals surface area contributed by atoms with Crippen LogP contribution in [0.4, 0.5) is 21.0 Å². The highest BCUT2D eigenvalue weighted by Gasteiger charge is 2.16. The predicted octanol–water partition coefficient (Wildman–Crippen LogP) is 5.34. The molecule has 2 aromatic rings. The number of amides is 3. The summed E-state index contributed by atoms with van der Waals surface area (Å²) in [7, 11) is 0. The van der Waals surface area contributed by atoms with Gasteiger partial charge in [-0.25, -0.2) is 9.59 Å². The van der Waals surface area contributed by atoms with Crippen molar-refractivity contribution in [2.75, 3.05) is 10.6 Å². The lowest BCUT2D eigenvalue weighted by Gasteiger charge is -2.18. The number of nitrogens with one attached hydrogen (secondary N) is 3. The van der Waals surface area contributed by atoms with E-state index in [4.69, 9.17) is 26.9 Å². The normalized spacial score (nSPS) is 11.9. The molecule has 2 atom stereocenters. The average Bonchev–Trinajstić information content (AvgIpc) is 2.73. The van der Waals surface area contributed by atoms with E-state index in [0.717, 1.165) is 5.56 Å². The molecule has 0 aromatic heterocycles. The number of anilines is 2. The molecule has 0 bridgehead atoms. The molecule has 160 valence electrons. The molecule has 2 rings (SSSR count). The van der Waals surface area contributed by atoms with E-state index in [-0.39, 0.29) is 17.5 Å². The van der Waals surface area contributed by atoms with Crippen molar-refractivity contribution in [1.29, 1.82) is 10.5 Å². The van der Waals surface area contributed by atoms with Gasteiger partial charge in [0.25, 0.3) is 0 Å². The first-order valence-electron chi connectivity index (χ1n) is 9.58. The summed E-state index contributed by atoms with van der Waals surface area (Å²) >= 11 is 5.97. The van der Waals surface area contributed by atoms with Crippen LogP contribution in [0.15, 0.2) is 42.5 Å². The highest BCUT2D eigenvalue weighted by atomic mass is 35.5. The van der Waals surface area contributed by atoms with E-state index in [1.54, 1.807) is 37.3 Å². The van der Waals surface area contributed by atoms with Gasteiger partial charge in [-0.3, -0.25) is 0 Å². The van der Waals surface area contributed by atoms with E-state index in [1.165, 1.54) is 12.1 Å². The molecule has 0 saturated heterocycles. The molecule has 8 nitrogen and oxygen atoms in total. The summed E-state index contributed by atoms with van der Waals surface area (Å²) in [6.07, 6.45) is -0.376. The summed E-state index contributed by atoms with van der Waals surface area (Å²) in [5.74, 6) is 0. The fraction of sp³-hybridized carbons (Fsp3) is 0.273. The van der Waals surface area contributed by atoms with Gasteiger partial charge in [-0.1, -0.05) is 30.7 Å². The Labute approximate surface area is 185 Å². The lowest BCUT2D eigenvalue weighted by molar-refractivity contribution is 0.0950. The minimum atomic E-state index is -0.608. The minimum absolute atomic E-state index is 0.136. The monoisotopic (exact) mass is 439 g/mol. The Bertz CT molecular complexity index is 1030. The Morgan fingerprint density at radius 2 is 1.84 bits per heavy atom. The molecule has 0 aliphatic carbocycles. The van der Waals surface area contributed by atoms with Crippen LogP contribution in [-0.4, -0.2) is 18.2 Å². The molecule has 0 aliphatic heterocycles. The van der Waals surface area contributed by atoms with Crippen molar-refractivity contribution < 1.29 is 14.3 Å². The average molecular weight is 440 g/mol. The van der Waals surface area contributed by atoms with Crippen molar-refractivity contribution in [2.24, 2.45) is 0 Å². The number of carbonyl (C=O) groups is 2. The molecular formula is C22H22ClN5O3. The molecule has 2 aromatic carbocycles. The standard InChI is InChI=1S/C22H22ClN5O3/c1-3-19(9-10-24)31-22(30)26-14(2)15-5-4-6-17(11-15)27-21(29)28-18-8-7-16(13-25)20(23)12-18/h4-8,11-12,14,19H,3,9H2,1-2H3,(H,26,30)(H2,27,28,29). The van der Waals surface area contributed by atoms with Gasteiger partial charge in [0.15, 0.2) is 0 Å². The van der Waals surface area contributed by atoms with E-state index in [2.05, 4.69) is 16.0 Å². The van der Waals surface area contributed by atoms with E-state index in [9.17, 15) is 9.59 Å². The van der Waals surface area contributed by atoms with Crippen LogP contribution in [0.3, 0.4) is 0 Å². The number of hydrogen-bond donors (Lipinski definition) is 3. The molecule has 0 radical (unpaired) electrons. The first-order valence-corrected chi connectivity index (χ1v) is 9.95. The zero-order valence-electron chi connectivity index (χ0n) is 17.1. The van der Waals surface area contributed by atoms with Crippen LogP contribution in [0.25, 0.3) is 0 Å². The molecule has 0 heterocycles. The lowest BCUT2D eigenvalue weighted by atomic mass is 10.1. The summed E-state index contributed by atoms with van der Waals surface area (Å²) < 4.78 is 5.24. The number of nitrogens with zero attached hydrogens (tertiary/aromatic N) is 2. The predicted molar refractivity (Wildman–Crippen MR) is 118 cm³/mol. The summed E-state index contributed by atoms with van der Waals surface area (Å²) in [4.78, 5) is 24.3. The molecule has 0 aliphatic rings. The van der Waals surface area contributed by atoms with Gasteiger partial charge in [-0.15, -0.1) is 0 Å². The SMILES string of the molecule is CCC(CC#N)OC(=O)NC(C)c1cccc(NC(=O)Nc2ccc(C#N)c(Cl)c2)c1. The van der Waals surface area contributed by atoms with Crippen molar-refractivity contribution in [3.05, 3.63) is 58.6 Å². The third kappa shape index (κ3) is 7.22. The number of ether oxygens (including phenoxy) is 1. The molecule has 0 spiro atoms. The quantitative estimate of drug-likeness (QED) is 0.536. The molecule has 3 amide bonds. The Hall–Kier alpha value is -3.75. The third-order valence-corrected chi connectivity index (χ3v) is 4.69. The lowest BCUT2D eigenvalue weighted by Crippen LogP contribution is -2.31. The number of alkyl carbamates (subject to hydrolysis) is 1. The second kappa shape index (κ2) is 11.4. The summed E-state index contributed by atoms with van der Waals surface area (Å²) in [5, 5.41) is 26.0. The van der Waals surface area contributed by atoms with Crippen LogP contribution in [0.2, 0.25) is 5.02 Å². The first-order chi connectivity index (χ1) is 14.9. The fourth-order valence-electron chi connectivity index (χ4n) is 2.68. The van der Waals surface area contributed by atoms with Gasteiger partial charge in [0.05, 0.1) is 29.1 Å². The smallest absolute Gasteiger partial charge is 0.407 e. The van der Waals surface area contributed by atoms with Gasteiger partial charge >= 0.3 is 12.1 Å². The van der Waals surface area contributed by atoms with Gasteiger partial charge < -0.3 is 20.7 Å². The van der Waals surface area contributed by atoms with Crippen LogP contribution in [0.1, 0.15) is 43.9 Å². The van der Waals surface area contributed by atoms with Crippen molar-refractivity contribution in [1.82, 2.24) is 5.32 Å². The number of rotatable bonds is 7. The van der Waals surface area contributed by atoms with Crippen molar-refractivity contribution in [3.8, 4) is 12.1 Å². The number of halogens is 1. The van der Waals surface area contributed by atoms with Gasteiger partial charge in [0.2, 0.25) is 0 Å². The Morgan fingerprint density at radius 1 is 1.13 bits per heavy atom. The summed E-state index contributed by atoms with van der Waals surface area (Å²) in [5.41, 5.74) is 2.04. The molecule has 2 unspecified atom stereocenters. The van der Waals surface area contributed by atoms with Crippen LogP contribution < -0.4 is 16.0 Å². The van der Waals surface area contributed by atoms with E-state index in [0.29, 0.717) is 23.4 Å². The number of nitriles is 2. The number of urea groups is 1. The molecule has 3 N–H and O–H groups in total. The minimum Gasteiger partial charge on any atom is -0.445 e. The van der Waals surface area contributed by atoms with Crippen molar-refractivity contribution in [2.45, 2.75) is 38.8 Å². The van der Waals surface area contributed by atoms with Crippen LogP contribution in [0, 0.1) is 22.7 Å². The zero-order valence-corrected chi connectivity index (χ0v) is 17.9. The van der Waals surface area contributed by atoms with E-state index < -0.39 is 18.2 Å². The van der Waals surface area contributed by atoms with Gasteiger partial charge in [0, 0.05) is 11.4 Å². The van der Waals surface area contributed by atoms with Crippen LogP contribution >= 0.6 is 11.6 Å². The van der Waals surface area contributed by atoms with Crippen molar-refractivity contribution in [3.63, 3.8) is 0 Å². The van der Waals surface area contributed by atoms with Gasteiger partial charge in [-0.2, -0.15) is 10.5 Å². The third-order valence-electron chi connectivity index (χ3n) is 4.37. The Kier molecular flexibility index (Phi) is 8.68. The zero-order chi connectivity index (χ0) is 22.8. The summed E-state index contributed by atoms with van der Waals surface area (Å²) in [6.45, 7) is 3.62.